The monoisotopic (exact) mass is 837 g/mol. The quantitative estimate of drug-likeness (QED) is 0.0697. The molecule has 0 radical (unpaired) electrons. The van der Waals surface area contributed by atoms with Gasteiger partial charge in [-0.15, -0.1) is 5.06 Å². The van der Waals surface area contributed by atoms with Crippen LogP contribution in [0.15, 0.2) is 146 Å². The van der Waals surface area contributed by atoms with Gasteiger partial charge in [0.15, 0.2) is 0 Å². The van der Waals surface area contributed by atoms with E-state index < -0.39 is 37.8 Å². The highest BCUT2D eigenvalue weighted by atomic mass is 32.2. The lowest BCUT2D eigenvalue weighted by molar-refractivity contribution is -0.172. The smallest absolute Gasteiger partial charge is 0.363 e. The molecule has 0 aliphatic carbocycles. The van der Waals surface area contributed by atoms with Crippen molar-refractivity contribution in [3.63, 3.8) is 0 Å². The van der Waals surface area contributed by atoms with E-state index in [1.165, 1.54) is 66.7 Å². The van der Waals surface area contributed by atoms with Crippen molar-refractivity contribution in [2.45, 2.75) is 35.7 Å². The van der Waals surface area contributed by atoms with E-state index in [4.69, 9.17) is 4.84 Å². The minimum absolute atomic E-state index is 0.0722. The molecule has 2 amide bonds. The number of imide groups is 1. The van der Waals surface area contributed by atoms with E-state index in [-0.39, 0.29) is 52.4 Å². The highest BCUT2D eigenvalue weighted by Crippen LogP contribution is 2.25. The molecule has 0 atom stereocenters. The predicted octanol–water partition coefficient (Wildman–Crippen LogP) is 6.80. The lowest BCUT2D eigenvalue weighted by atomic mass is 10.1. The maximum atomic E-state index is 13.3. The van der Waals surface area contributed by atoms with Crippen LogP contribution in [0.5, 0.6) is 0 Å². The Morgan fingerprint density at radius 1 is 0.627 bits per heavy atom. The summed E-state index contributed by atoms with van der Waals surface area (Å²) in [5.41, 5.74) is 4.30. The first-order valence-corrected chi connectivity index (χ1v) is 20.9. The van der Waals surface area contributed by atoms with E-state index in [0.717, 1.165) is 11.4 Å². The number of sulfonamides is 2. The van der Waals surface area contributed by atoms with E-state index in [1.807, 2.05) is 55.4 Å². The van der Waals surface area contributed by atoms with Crippen molar-refractivity contribution in [3.05, 3.63) is 132 Å². The molecule has 5 aromatic rings. The van der Waals surface area contributed by atoms with E-state index >= 15 is 0 Å². The van der Waals surface area contributed by atoms with E-state index in [1.54, 1.807) is 19.2 Å². The van der Waals surface area contributed by atoms with Crippen molar-refractivity contribution in [3.8, 4) is 0 Å². The van der Waals surface area contributed by atoms with Gasteiger partial charge < -0.3 is 15.1 Å². The highest BCUT2D eigenvalue weighted by molar-refractivity contribution is 7.89. The summed E-state index contributed by atoms with van der Waals surface area (Å²) in [6.07, 6.45) is -0.242. The lowest BCUT2D eigenvalue weighted by Gasteiger charge is -2.15. The number of hydrogen-bond acceptors (Lipinski definition) is 14. The van der Waals surface area contributed by atoms with Crippen molar-refractivity contribution in [2.24, 2.45) is 20.5 Å². The summed E-state index contributed by atoms with van der Waals surface area (Å²) in [7, 11) is -2.55. The molecule has 1 saturated heterocycles. The van der Waals surface area contributed by atoms with Crippen LogP contribution in [0.25, 0.3) is 0 Å². The van der Waals surface area contributed by atoms with Gasteiger partial charge in [-0.25, -0.2) is 31.1 Å². The molecule has 19 heteroatoms. The lowest BCUT2D eigenvalue weighted by Crippen LogP contribution is -2.32. The Labute approximate surface area is 340 Å². The van der Waals surface area contributed by atoms with Gasteiger partial charge in [0.2, 0.25) is 20.0 Å². The van der Waals surface area contributed by atoms with Crippen molar-refractivity contribution < 1.29 is 36.1 Å². The van der Waals surface area contributed by atoms with E-state index in [9.17, 15) is 31.2 Å². The third-order valence-corrected chi connectivity index (χ3v) is 11.6. The molecule has 6 rings (SSSR count). The fraction of sp³-hybridized carbons (Fsp3) is 0.175. The average Bonchev–Trinajstić information content (AvgIpc) is 3.56. The Morgan fingerprint density at radius 3 is 1.41 bits per heavy atom. The summed E-state index contributed by atoms with van der Waals surface area (Å²) in [6.45, 7) is -0.657. The standard InChI is InChI=1S/C40H39N9O8S2/c1-41-30-4-6-31(7-5-30)44-46-33-10-16-36(17-11-33)58(53,54)42-25-27-22-28(24-29(23-27)40(52)57-49-38(50)20-21-39(49)51)26-43-59(55,56)37-18-12-34(13-19-37)47-45-32-8-14-35(15-9-32)48(2)3/h4-19,22-24,41-43H,20-21,25-26H2,1-3H3. The molecule has 0 aromatic heterocycles. The predicted molar refractivity (Wildman–Crippen MR) is 219 cm³/mol. The summed E-state index contributed by atoms with van der Waals surface area (Å²) < 4.78 is 58.2. The summed E-state index contributed by atoms with van der Waals surface area (Å²) in [6, 6.07) is 30.2. The molecular weight excluding hydrogens is 799 g/mol. The normalized spacial score (nSPS) is 13.4. The average molecular weight is 838 g/mol. The maximum absolute atomic E-state index is 13.3. The maximum Gasteiger partial charge on any atom is 0.363 e. The molecule has 0 bridgehead atoms. The van der Waals surface area contributed by atoms with Crippen molar-refractivity contribution in [1.29, 1.82) is 0 Å². The molecule has 59 heavy (non-hydrogen) atoms. The first-order chi connectivity index (χ1) is 28.2. The fourth-order valence-corrected chi connectivity index (χ4v) is 7.56. The van der Waals surface area contributed by atoms with Crippen LogP contribution in [0, 0.1) is 0 Å². The van der Waals surface area contributed by atoms with Gasteiger partial charge in [-0.2, -0.15) is 20.5 Å². The largest absolute Gasteiger partial charge is 0.388 e. The number of carbonyl (C=O) groups is 3. The number of benzene rings is 5. The first-order valence-electron chi connectivity index (χ1n) is 18.0. The molecule has 1 heterocycles. The third-order valence-electron chi connectivity index (χ3n) is 8.78. The first kappa shape index (κ1) is 41.9. The van der Waals surface area contributed by atoms with Crippen LogP contribution >= 0.6 is 0 Å². The van der Waals surface area contributed by atoms with Gasteiger partial charge in [-0.3, -0.25) is 9.59 Å². The van der Waals surface area contributed by atoms with E-state index in [0.29, 0.717) is 27.8 Å². The molecule has 1 aliphatic heterocycles. The van der Waals surface area contributed by atoms with Crippen LogP contribution in [0.3, 0.4) is 0 Å². The fourth-order valence-electron chi connectivity index (χ4n) is 5.53. The van der Waals surface area contributed by atoms with E-state index in [2.05, 4.69) is 35.2 Å². The molecule has 5 aromatic carbocycles. The van der Waals surface area contributed by atoms with Crippen LogP contribution in [0.2, 0.25) is 0 Å². The Kier molecular flexibility index (Phi) is 13.0. The van der Waals surface area contributed by atoms with Gasteiger partial charge in [0.05, 0.1) is 38.1 Å². The number of nitrogens with zero attached hydrogens (tertiary/aromatic N) is 6. The number of azo groups is 2. The summed E-state index contributed by atoms with van der Waals surface area (Å²) in [5, 5.41) is 20.1. The number of rotatable bonds is 16. The molecule has 304 valence electrons. The van der Waals surface area contributed by atoms with Crippen LogP contribution in [-0.2, 0) is 47.6 Å². The van der Waals surface area contributed by atoms with Crippen LogP contribution in [0.4, 0.5) is 34.1 Å². The van der Waals surface area contributed by atoms with Crippen LogP contribution < -0.4 is 19.7 Å². The summed E-state index contributed by atoms with van der Waals surface area (Å²) in [5.74, 6) is -2.47. The Balaban J connectivity index is 1.15. The zero-order valence-corrected chi connectivity index (χ0v) is 33.7. The molecule has 0 saturated carbocycles. The molecule has 0 unspecified atom stereocenters. The van der Waals surface area contributed by atoms with Gasteiger partial charge in [0, 0.05) is 58.4 Å². The second kappa shape index (κ2) is 18.3. The van der Waals surface area contributed by atoms with Crippen molar-refractivity contribution >= 4 is 72.0 Å². The minimum atomic E-state index is -4.10. The molecular formula is C40H39N9O8S2. The van der Waals surface area contributed by atoms with Crippen LogP contribution in [-0.4, -0.2) is 60.8 Å². The van der Waals surface area contributed by atoms with Crippen molar-refractivity contribution in [1.82, 2.24) is 14.5 Å². The molecule has 3 N–H and O–H groups in total. The zero-order valence-electron chi connectivity index (χ0n) is 32.1. The number of amides is 2. The minimum Gasteiger partial charge on any atom is -0.388 e. The van der Waals surface area contributed by atoms with Gasteiger partial charge >= 0.3 is 5.97 Å². The van der Waals surface area contributed by atoms with Gasteiger partial charge in [0.1, 0.15) is 0 Å². The summed E-state index contributed by atoms with van der Waals surface area (Å²) in [4.78, 5) is 44.3. The molecule has 0 spiro atoms. The highest BCUT2D eigenvalue weighted by Gasteiger charge is 2.33. The number of hydrogen-bond donors (Lipinski definition) is 3. The van der Waals surface area contributed by atoms with Crippen molar-refractivity contribution in [2.75, 3.05) is 31.4 Å². The van der Waals surface area contributed by atoms with Gasteiger partial charge in [0.25, 0.3) is 11.8 Å². The third kappa shape index (κ3) is 11.0. The Hall–Kier alpha value is -6.67. The SMILES string of the molecule is CNc1ccc(N=Nc2ccc(S(=O)(=O)NCc3cc(CNS(=O)(=O)c4ccc(N=Nc5ccc(N(C)C)cc5)cc4)cc(C(=O)ON4C(=O)CCC4=O)c3)cc2)cc1. The Bertz CT molecular complexity index is 2600. The number of anilines is 2. The second-order valence-electron chi connectivity index (χ2n) is 13.2. The van der Waals surface area contributed by atoms with Crippen LogP contribution in [0.1, 0.15) is 34.3 Å². The molecule has 17 nitrogen and oxygen atoms in total. The second-order valence-corrected chi connectivity index (χ2v) is 16.8. The zero-order chi connectivity index (χ0) is 42.2. The molecule has 1 aliphatic rings. The number of nitrogens with one attached hydrogen (secondary N) is 3. The topological polar surface area (TPSA) is 221 Å². The van der Waals surface area contributed by atoms with Gasteiger partial charge in [-0.1, -0.05) is 6.07 Å². The van der Waals surface area contributed by atoms with Gasteiger partial charge in [-0.05, 0) is 120 Å². The summed E-state index contributed by atoms with van der Waals surface area (Å²) >= 11 is 0. The number of hydroxylamine groups is 2. The number of carbonyl (C=O) groups excluding carboxylic acids is 3. The Morgan fingerprint density at radius 2 is 1.02 bits per heavy atom. The molecule has 1 fully saturated rings.